The second-order valence-corrected chi connectivity index (χ2v) is 4.90. The van der Waals surface area contributed by atoms with Gasteiger partial charge in [-0.1, -0.05) is 11.6 Å². The minimum absolute atomic E-state index is 0.115. The van der Waals surface area contributed by atoms with Crippen LogP contribution in [0, 0.1) is 0 Å². The van der Waals surface area contributed by atoms with Crippen molar-refractivity contribution in [2.45, 2.75) is 32.8 Å². The molecule has 0 spiro atoms. The van der Waals surface area contributed by atoms with Crippen LogP contribution in [0.25, 0.3) is 0 Å². The molecule has 0 bridgehead atoms. The van der Waals surface area contributed by atoms with Crippen LogP contribution in [0.4, 0.5) is 5.82 Å². The number of nitrogens with one attached hydrogen (secondary N) is 2. The number of aromatic nitrogens is 2. The molecule has 1 aliphatic rings. The van der Waals surface area contributed by atoms with E-state index in [0.29, 0.717) is 5.88 Å². The SMILES string of the molecule is CC(C)Oc1cncc(NCCC2=CCNCC2)n1. The lowest BCUT2D eigenvalue weighted by Crippen LogP contribution is -2.21. The van der Waals surface area contributed by atoms with Crippen LogP contribution in [-0.2, 0) is 0 Å². The first-order chi connectivity index (χ1) is 9.24. The fourth-order valence-electron chi connectivity index (χ4n) is 1.98. The van der Waals surface area contributed by atoms with E-state index in [1.165, 1.54) is 5.57 Å². The smallest absolute Gasteiger partial charge is 0.234 e. The first-order valence-electron chi connectivity index (χ1n) is 6.85. The molecule has 104 valence electrons. The molecule has 1 aromatic rings. The normalized spacial score (nSPS) is 15.2. The number of hydrogen-bond acceptors (Lipinski definition) is 5. The maximum Gasteiger partial charge on any atom is 0.234 e. The van der Waals surface area contributed by atoms with Crippen LogP contribution in [0.15, 0.2) is 24.0 Å². The molecule has 2 heterocycles. The van der Waals surface area contributed by atoms with Crippen molar-refractivity contribution in [1.82, 2.24) is 15.3 Å². The Morgan fingerprint density at radius 3 is 3.05 bits per heavy atom. The fourth-order valence-corrected chi connectivity index (χ4v) is 1.98. The topological polar surface area (TPSA) is 59.1 Å². The third kappa shape index (κ3) is 4.87. The van der Waals surface area contributed by atoms with Crippen LogP contribution < -0.4 is 15.4 Å². The Morgan fingerprint density at radius 1 is 1.42 bits per heavy atom. The average Bonchev–Trinajstić information content (AvgIpc) is 2.40. The molecule has 0 unspecified atom stereocenters. The summed E-state index contributed by atoms with van der Waals surface area (Å²) >= 11 is 0. The zero-order valence-corrected chi connectivity index (χ0v) is 11.6. The van der Waals surface area contributed by atoms with Gasteiger partial charge < -0.3 is 15.4 Å². The maximum atomic E-state index is 5.52. The Morgan fingerprint density at radius 2 is 2.32 bits per heavy atom. The zero-order valence-electron chi connectivity index (χ0n) is 11.6. The summed E-state index contributed by atoms with van der Waals surface area (Å²) in [6.45, 7) is 6.92. The van der Waals surface area contributed by atoms with Gasteiger partial charge in [0.2, 0.25) is 5.88 Å². The maximum absolute atomic E-state index is 5.52. The van der Waals surface area contributed by atoms with Crippen LogP contribution in [0.2, 0.25) is 0 Å². The standard InChI is InChI=1S/C14H22N4O/c1-11(2)19-14-10-16-9-13(18-14)17-8-5-12-3-6-15-7-4-12/h3,9-11,15H,4-8H2,1-2H3,(H,17,18). The predicted octanol–water partition coefficient (Wildman–Crippen LogP) is 1.99. The largest absolute Gasteiger partial charge is 0.474 e. The van der Waals surface area contributed by atoms with E-state index >= 15 is 0 Å². The Hall–Kier alpha value is -1.62. The average molecular weight is 262 g/mol. The summed E-state index contributed by atoms with van der Waals surface area (Å²) in [6, 6.07) is 0. The second kappa shape index (κ2) is 7.09. The Bertz CT molecular complexity index is 431. The van der Waals surface area contributed by atoms with Crippen molar-refractivity contribution in [1.29, 1.82) is 0 Å². The van der Waals surface area contributed by atoms with Crippen molar-refractivity contribution in [3.8, 4) is 5.88 Å². The van der Waals surface area contributed by atoms with E-state index in [-0.39, 0.29) is 6.10 Å². The summed E-state index contributed by atoms with van der Waals surface area (Å²) in [7, 11) is 0. The number of rotatable bonds is 6. The van der Waals surface area contributed by atoms with E-state index < -0.39 is 0 Å². The van der Waals surface area contributed by atoms with Crippen molar-refractivity contribution < 1.29 is 4.74 Å². The third-order valence-corrected chi connectivity index (χ3v) is 2.88. The molecule has 5 nitrogen and oxygen atoms in total. The monoisotopic (exact) mass is 262 g/mol. The molecule has 0 saturated heterocycles. The molecule has 2 N–H and O–H groups in total. The van der Waals surface area contributed by atoms with Gasteiger partial charge in [-0.2, -0.15) is 4.98 Å². The molecular weight excluding hydrogens is 240 g/mol. The summed E-state index contributed by atoms with van der Waals surface area (Å²) in [6.07, 6.45) is 7.95. The highest BCUT2D eigenvalue weighted by atomic mass is 16.5. The van der Waals surface area contributed by atoms with Gasteiger partial charge in [-0.3, -0.25) is 4.98 Å². The lowest BCUT2D eigenvalue weighted by atomic mass is 10.1. The zero-order chi connectivity index (χ0) is 13.5. The molecule has 0 radical (unpaired) electrons. The van der Waals surface area contributed by atoms with Crippen LogP contribution in [0.3, 0.4) is 0 Å². The lowest BCUT2D eigenvalue weighted by Gasteiger charge is -2.14. The van der Waals surface area contributed by atoms with E-state index in [1.807, 2.05) is 13.8 Å². The van der Waals surface area contributed by atoms with Gasteiger partial charge in [-0.15, -0.1) is 0 Å². The van der Waals surface area contributed by atoms with Gasteiger partial charge in [0.05, 0.1) is 18.5 Å². The third-order valence-electron chi connectivity index (χ3n) is 2.88. The van der Waals surface area contributed by atoms with Gasteiger partial charge in [0.15, 0.2) is 0 Å². The van der Waals surface area contributed by atoms with Crippen LogP contribution in [-0.4, -0.2) is 35.7 Å². The van der Waals surface area contributed by atoms with Crippen molar-refractivity contribution >= 4 is 5.82 Å². The van der Waals surface area contributed by atoms with Gasteiger partial charge in [0.25, 0.3) is 0 Å². The molecule has 0 aromatic carbocycles. The second-order valence-electron chi connectivity index (χ2n) is 4.90. The molecular formula is C14H22N4O. The highest BCUT2D eigenvalue weighted by molar-refractivity contribution is 5.33. The first kappa shape index (κ1) is 13.8. The van der Waals surface area contributed by atoms with Crippen molar-refractivity contribution in [2.24, 2.45) is 0 Å². The first-order valence-corrected chi connectivity index (χ1v) is 6.85. The summed E-state index contributed by atoms with van der Waals surface area (Å²) in [4.78, 5) is 8.50. The Kier molecular flexibility index (Phi) is 5.15. The molecule has 0 atom stereocenters. The molecule has 0 saturated carbocycles. The molecule has 0 amide bonds. The number of ether oxygens (including phenoxy) is 1. The molecule has 19 heavy (non-hydrogen) atoms. The lowest BCUT2D eigenvalue weighted by molar-refractivity contribution is 0.232. The molecule has 5 heteroatoms. The van der Waals surface area contributed by atoms with Crippen LogP contribution in [0.5, 0.6) is 5.88 Å². The van der Waals surface area contributed by atoms with E-state index in [2.05, 4.69) is 26.7 Å². The Balaban J connectivity index is 1.80. The van der Waals surface area contributed by atoms with E-state index in [1.54, 1.807) is 12.4 Å². The van der Waals surface area contributed by atoms with E-state index in [9.17, 15) is 0 Å². The molecule has 1 aliphatic heterocycles. The number of nitrogens with zero attached hydrogens (tertiary/aromatic N) is 2. The van der Waals surface area contributed by atoms with Gasteiger partial charge >= 0.3 is 0 Å². The quantitative estimate of drug-likeness (QED) is 0.768. The van der Waals surface area contributed by atoms with E-state index in [4.69, 9.17) is 4.74 Å². The molecule has 0 aliphatic carbocycles. The Labute approximate surface area is 114 Å². The van der Waals surface area contributed by atoms with E-state index in [0.717, 1.165) is 38.3 Å². The summed E-state index contributed by atoms with van der Waals surface area (Å²) in [5.41, 5.74) is 1.51. The highest BCUT2D eigenvalue weighted by Crippen LogP contribution is 2.12. The number of anilines is 1. The highest BCUT2D eigenvalue weighted by Gasteiger charge is 2.04. The van der Waals surface area contributed by atoms with Crippen molar-refractivity contribution in [3.05, 3.63) is 24.0 Å². The number of hydrogen-bond donors (Lipinski definition) is 2. The summed E-state index contributed by atoms with van der Waals surface area (Å²) in [5, 5.41) is 6.60. The molecule has 1 aromatic heterocycles. The van der Waals surface area contributed by atoms with Crippen LogP contribution in [0.1, 0.15) is 26.7 Å². The van der Waals surface area contributed by atoms with Gasteiger partial charge in [-0.05, 0) is 33.2 Å². The summed E-state index contributed by atoms with van der Waals surface area (Å²) < 4.78 is 5.52. The summed E-state index contributed by atoms with van der Waals surface area (Å²) in [5.74, 6) is 1.34. The van der Waals surface area contributed by atoms with Gasteiger partial charge in [0.1, 0.15) is 5.82 Å². The fraction of sp³-hybridized carbons (Fsp3) is 0.571. The van der Waals surface area contributed by atoms with Crippen molar-refractivity contribution in [3.63, 3.8) is 0 Å². The minimum atomic E-state index is 0.115. The minimum Gasteiger partial charge on any atom is -0.474 e. The van der Waals surface area contributed by atoms with Gasteiger partial charge in [0, 0.05) is 13.1 Å². The van der Waals surface area contributed by atoms with Gasteiger partial charge in [-0.25, -0.2) is 0 Å². The van der Waals surface area contributed by atoms with Crippen molar-refractivity contribution in [2.75, 3.05) is 25.0 Å². The molecule has 0 fully saturated rings. The molecule has 2 rings (SSSR count). The predicted molar refractivity (Wildman–Crippen MR) is 76.5 cm³/mol. The van der Waals surface area contributed by atoms with Crippen LogP contribution >= 0.6 is 0 Å².